The van der Waals surface area contributed by atoms with E-state index < -0.39 is 0 Å². The van der Waals surface area contributed by atoms with E-state index >= 15 is 0 Å². The number of nitrogens with one attached hydrogen (secondary N) is 2. The lowest BCUT2D eigenvalue weighted by atomic mass is 10.2. The van der Waals surface area contributed by atoms with Gasteiger partial charge in [-0.2, -0.15) is 0 Å². The van der Waals surface area contributed by atoms with Gasteiger partial charge in [0.05, 0.1) is 10.6 Å². The van der Waals surface area contributed by atoms with Crippen molar-refractivity contribution in [3.05, 3.63) is 40.9 Å². The number of rotatable bonds is 6. The van der Waals surface area contributed by atoms with E-state index in [1.54, 1.807) is 23.6 Å². The van der Waals surface area contributed by atoms with Crippen LogP contribution in [0.5, 0.6) is 0 Å². The number of hydrogen-bond acceptors (Lipinski definition) is 8. The van der Waals surface area contributed by atoms with Crippen molar-refractivity contribution < 1.29 is 0 Å². The molecule has 0 aromatic carbocycles. The number of anilines is 2. The van der Waals surface area contributed by atoms with E-state index in [2.05, 4.69) is 30.6 Å². The number of aryl methyl sites for hydroxylation is 1. The summed E-state index contributed by atoms with van der Waals surface area (Å²) in [6, 6.07) is 3.74. The largest absolute Gasteiger partial charge is 0.373 e. The standard InChI is InChI=1S/C16H17ClN6S2/c1-9-13(10-4-5-12(17)19-6-10)25-16(22-9)21-8-11-7-20-15(24-3)23-14(11)18-2/h4-7H,8H2,1-3H3,(H,21,22)(H,18,20,23). The number of aromatic nitrogens is 4. The lowest BCUT2D eigenvalue weighted by molar-refractivity contribution is 0.933. The quantitative estimate of drug-likeness (QED) is 0.367. The van der Waals surface area contributed by atoms with Crippen LogP contribution < -0.4 is 10.6 Å². The molecule has 0 bridgehead atoms. The Bertz CT molecular complexity index is 866. The number of halogens is 1. The summed E-state index contributed by atoms with van der Waals surface area (Å²) < 4.78 is 0. The molecule has 0 unspecified atom stereocenters. The highest BCUT2D eigenvalue weighted by atomic mass is 35.5. The van der Waals surface area contributed by atoms with Gasteiger partial charge in [0.15, 0.2) is 10.3 Å². The second kappa shape index (κ2) is 7.99. The van der Waals surface area contributed by atoms with Gasteiger partial charge in [0.2, 0.25) is 0 Å². The molecular weight excluding hydrogens is 376 g/mol. The molecule has 0 amide bonds. The number of thiazole rings is 1. The molecule has 0 aliphatic carbocycles. The Morgan fingerprint density at radius 3 is 2.72 bits per heavy atom. The number of thioether (sulfide) groups is 1. The van der Waals surface area contributed by atoms with Crippen LogP contribution in [-0.4, -0.2) is 33.2 Å². The van der Waals surface area contributed by atoms with Gasteiger partial charge in [0.1, 0.15) is 11.0 Å². The van der Waals surface area contributed by atoms with Crippen LogP contribution in [0.15, 0.2) is 29.7 Å². The summed E-state index contributed by atoms with van der Waals surface area (Å²) in [5.74, 6) is 0.822. The van der Waals surface area contributed by atoms with Crippen molar-refractivity contribution in [2.75, 3.05) is 23.9 Å². The Kier molecular flexibility index (Phi) is 5.72. The summed E-state index contributed by atoms with van der Waals surface area (Å²) in [5.41, 5.74) is 2.96. The lowest BCUT2D eigenvalue weighted by Gasteiger charge is -2.09. The fourth-order valence-corrected chi connectivity index (χ4v) is 3.66. The third-order valence-corrected chi connectivity index (χ3v) is 5.43. The van der Waals surface area contributed by atoms with E-state index in [9.17, 15) is 0 Å². The van der Waals surface area contributed by atoms with Crippen molar-refractivity contribution in [1.29, 1.82) is 0 Å². The molecule has 3 aromatic rings. The Labute approximate surface area is 159 Å². The molecule has 0 atom stereocenters. The summed E-state index contributed by atoms with van der Waals surface area (Å²) in [6.45, 7) is 2.58. The molecule has 0 radical (unpaired) electrons. The topological polar surface area (TPSA) is 75.6 Å². The monoisotopic (exact) mass is 392 g/mol. The first kappa shape index (κ1) is 17.9. The number of nitrogens with zero attached hydrogens (tertiary/aromatic N) is 4. The van der Waals surface area contributed by atoms with Crippen molar-refractivity contribution in [2.24, 2.45) is 0 Å². The van der Waals surface area contributed by atoms with Gasteiger partial charge in [0.25, 0.3) is 0 Å². The Morgan fingerprint density at radius 2 is 2.04 bits per heavy atom. The minimum Gasteiger partial charge on any atom is -0.373 e. The van der Waals surface area contributed by atoms with E-state index in [4.69, 9.17) is 11.6 Å². The average molecular weight is 393 g/mol. The van der Waals surface area contributed by atoms with Gasteiger partial charge in [-0.1, -0.05) is 34.7 Å². The third kappa shape index (κ3) is 4.20. The van der Waals surface area contributed by atoms with Crippen LogP contribution in [-0.2, 0) is 6.54 Å². The van der Waals surface area contributed by atoms with Crippen molar-refractivity contribution >= 4 is 45.6 Å². The maximum atomic E-state index is 5.86. The number of hydrogen-bond donors (Lipinski definition) is 2. The van der Waals surface area contributed by atoms with Crippen LogP contribution in [0, 0.1) is 6.92 Å². The van der Waals surface area contributed by atoms with E-state index in [1.807, 2.05) is 32.5 Å². The zero-order chi connectivity index (χ0) is 17.8. The van der Waals surface area contributed by atoms with Crippen molar-refractivity contribution in [1.82, 2.24) is 19.9 Å². The van der Waals surface area contributed by atoms with Gasteiger partial charge in [0, 0.05) is 37.1 Å². The highest BCUT2D eigenvalue weighted by Gasteiger charge is 2.11. The maximum Gasteiger partial charge on any atom is 0.189 e. The van der Waals surface area contributed by atoms with E-state index in [1.165, 1.54) is 11.8 Å². The first-order valence-electron chi connectivity index (χ1n) is 7.51. The lowest BCUT2D eigenvalue weighted by Crippen LogP contribution is -2.06. The van der Waals surface area contributed by atoms with Crippen LogP contribution >= 0.6 is 34.7 Å². The summed E-state index contributed by atoms with van der Waals surface area (Å²) in [6.07, 6.45) is 5.56. The third-order valence-electron chi connectivity index (χ3n) is 3.48. The molecule has 25 heavy (non-hydrogen) atoms. The first-order valence-corrected chi connectivity index (χ1v) is 9.93. The van der Waals surface area contributed by atoms with E-state index in [0.717, 1.165) is 37.8 Å². The molecule has 0 fully saturated rings. The SMILES string of the molecule is CNc1nc(SC)ncc1CNc1nc(C)c(-c2ccc(Cl)nc2)s1. The molecule has 0 saturated carbocycles. The molecule has 0 spiro atoms. The maximum absolute atomic E-state index is 5.86. The molecule has 3 aromatic heterocycles. The first-order chi connectivity index (χ1) is 12.1. The average Bonchev–Trinajstić information content (AvgIpc) is 3.01. The van der Waals surface area contributed by atoms with Gasteiger partial charge in [-0.15, -0.1) is 0 Å². The smallest absolute Gasteiger partial charge is 0.189 e. The molecule has 3 rings (SSSR count). The van der Waals surface area contributed by atoms with E-state index in [0.29, 0.717) is 11.7 Å². The second-order valence-corrected chi connectivity index (χ2v) is 7.30. The van der Waals surface area contributed by atoms with Crippen LogP contribution in [0.3, 0.4) is 0 Å². The minimum atomic E-state index is 0.484. The highest BCUT2D eigenvalue weighted by molar-refractivity contribution is 7.98. The second-order valence-electron chi connectivity index (χ2n) is 5.14. The zero-order valence-electron chi connectivity index (χ0n) is 14.0. The zero-order valence-corrected chi connectivity index (χ0v) is 16.4. The normalized spacial score (nSPS) is 10.7. The minimum absolute atomic E-state index is 0.484. The molecule has 6 nitrogen and oxygen atoms in total. The van der Waals surface area contributed by atoms with Gasteiger partial charge in [-0.05, 0) is 25.3 Å². The van der Waals surface area contributed by atoms with Crippen LogP contribution in [0.1, 0.15) is 11.3 Å². The van der Waals surface area contributed by atoms with Gasteiger partial charge in [-0.25, -0.2) is 19.9 Å². The molecule has 2 N–H and O–H groups in total. The fourth-order valence-electron chi connectivity index (χ4n) is 2.26. The molecule has 3 heterocycles. The summed E-state index contributed by atoms with van der Waals surface area (Å²) in [7, 11) is 1.86. The Balaban J connectivity index is 1.76. The predicted molar refractivity (Wildman–Crippen MR) is 106 cm³/mol. The Morgan fingerprint density at radius 1 is 1.20 bits per heavy atom. The molecular formula is C16H17ClN6S2. The molecule has 0 saturated heterocycles. The molecule has 0 aliphatic heterocycles. The predicted octanol–water partition coefficient (Wildman–Crippen LogP) is 4.33. The van der Waals surface area contributed by atoms with Crippen LogP contribution in [0.25, 0.3) is 10.4 Å². The molecule has 9 heteroatoms. The summed E-state index contributed by atoms with van der Waals surface area (Å²) >= 11 is 8.96. The fraction of sp³-hybridized carbons (Fsp3) is 0.250. The van der Waals surface area contributed by atoms with Crippen LogP contribution in [0.2, 0.25) is 5.15 Å². The van der Waals surface area contributed by atoms with Gasteiger partial charge < -0.3 is 10.6 Å². The van der Waals surface area contributed by atoms with Crippen molar-refractivity contribution in [3.8, 4) is 10.4 Å². The molecule has 130 valence electrons. The van der Waals surface area contributed by atoms with Crippen molar-refractivity contribution in [3.63, 3.8) is 0 Å². The van der Waals surface area contributed by atoms with E-state index in [-0.39, 0.29) is 0 Å². The van der Waals surface area contributed by atoms with Gasteiger partial charge in [-0.3, -0.25) is 0 Å². The Hall–Kier alpha value is -1.90. The molecule has 0 aliphatic rings. The van der Waals surface area contributed by atoms with Crippen LogP contribution in [0.4, 0.5) is 10.9 Å². The summed E-state index contributed by atoms with van der Waals surface area (Å²) in [4.78, 5) is 18.6. The number of pyridine rings is 1. The highest BCUT2D eigenvalue weighted by Crippen LogP contribution is 2.33. The summed E-state index contributed by atoms with van der Waals surface area (Å²) in [5, 5.41) is 8.54. The van der Waals surface area contributed by atoms with Crippen molar-refractivity contribution in [2.45, 2.75) is 18.6 Å². The van der Waals surface area contributed by atoms with Gasteiger partial charge >= 0.3 is 0 Å².